The molecule has 0 heterocycles. The molecule has 17 heavy (non-hydrogen) atoms. The predicted octanol–water partition coefficient (Wildman–Crippen LogP) is 3.03. The fourth-order valence-electron chi connectivity index (χ4n) is 1.91. The van der Waals surface area contributed by atoms with Crippen molar-refractivity contribution in [3.05, 3.63) is 57.6 Å². The van der Waals surface area contributed by atoms with Crippen LogP contribution in [0.3, 0.4) is 0 Å². The third-order valence-electron chi connectivity index (χ3n) is 2.77. The molecule has 0 aliphatic rings. The van der Waals surface area contributed by atoms with Crippen molar-refractivity contribution in [3.63, 3.8) is 0 Å². The van der Waals surface area contributed by atoms with Crippen molar-refractivity contribution in [2.24, 2.45) is 0 Å². The number of benzene rings is 2. The summed E-state index contributed by atoms with van der Waals surface area (Å²) < 4.78 is 4.19. The predicted molar refractivity (Wildman–Crippen MR) is 79.8 cm³/mol. The zero-order chi connectivity index (χ0) is 12.4. The standard InChI is InChI=1S/C15H15BrSe/c1-10-9-11(2)15(12(3)14(10)16)17-13-7-5-4-6-8-13/h4-9H,1-3H3. The van der Waals surface area contributed by atoms with Crippen LogP contribution in [0.5, 0.6) is 0 Å². The van der Waals surface area contributed by atoms with Gasteiger partial charge in [-0.05, 0) is 0 Å². The molecule has 0 unspecified atom stereocenters. The van der Waals surface area contributed by atoms with Crippen LogP contribution < -0.4 is 8.92 Å². The summed E-state index contributed by atoms with van der Waals surface area (Å²) in [4.78, 5) is 0. The zero-order valence-electron chi connectivity index (χ0n) is 10.3. The van der Waals surface area contributed by atoms with E-state index >= 15 is 0 Å². The summed E-state index contributed by atoms with van der Waals surface area (Å²) in [6.45, 7) is 6.58. The Bertz CT molecular complexity index is 532. The van der Waals surface area contributed by atoms with E-state index in [4.69, 9.17) is 0 Å². The molecule has 0 fully saturated rings. The van der Waals surface area contributed by atoms with Crippen LogP contribution in [0.4, 0.5) is 0 Å². The summed E-state index contributed by atoms with van der Waals surface area (Å²) >= 11 is 4.08. The third-order valence-corrected chi connectivity index (χ3v) is 6.80. The molecule has 0 saturated carbocycles. The van der Waals surface area contributed by atoms with Crippen LogP contribution in [0.2, 0.25) is 0 Å². The molecule has 0 spiro atoms. The summed E-state index contributed by atoms with van der Waals surface area (Å²) in [6.07, 6.45) is 0. The summed E-state index contributed by atoms with van der Waals surface area (Å²) in [6, 6.07) is 13.0. The number of hydrogen-bond donors (Lipinski definition) is 0. The summed E-state index contributed by atoms with van der Waals surface area (Å²) in [5, 5.41) is 0. The van der Waals surface area contributed by atoms with Crippen molar-refractivity contribution in [1.29, 1.82) is 0 Å². The third kappa shape index (κ3) is 2.82. The maximum absolute atomic E-state index is 3.69. The van der Waals surface area contributed by atoms with E-state index in [2.05, 4.69) is 73.1 Å². The average Bonchev–Trinajstić information content (AvgIpc) is 2.33. The van der Waals surface area contributed by atoms with Gasteiger partial charge in [-0.3, -0.25) is 0 Å². The molecule has 0 aliphatic carbocycles. The van der Waals surface area contributed by atoms with Gasteiger partial charge in [0.1, 0.15) is 0 Å². The molecule has 0 nitrogen and oxygen atoms in total. The minimum absolute atomic E-state index is 0.394. The first-order chi connectivity index (χ1) is 8.09. The molecule has 2 heteroatoms. The zero-order valence-corrected chi connectivity index (χ0v) is 13.5. The number of rotatable bonds is 2. The number of aryl methyl sites for hydroxylation is 2. The van der Waals surface area contributed by atoms with Crippen molar-refractivity contribution in [1.82, 2.24) is 0 Å². The monoisotopic (exact) mass is 354 g/mol. The molecule has 2 rings (SSSR count). The van der Waals surface area contributed by atoms with Crippen molar-refractivity contribution >= 4 is 39.8 Å². The Morgan fingerprint density at radius 2 is 1.59 bits per heavy atom. The van der Waals surface area contributed by atoms with E-state index < -0.39 is 0 Å². The van der Waals surface area contributed by atoms with Crippen molar-refractivity contribution < 1.29 is 0 Å². The molecule has 88 valence electrons. The van der Waals surface area contributed by atoms with Gasteiger partial charge in [-0.15, -0.1) is 0 Å². The van der Waals surface area contributed by atoms with E-state index in [-0.39, 0.29) is 0 Å². The Hall–Kier alpha value is -0.561. The molecular formula is C15H15BrSe. The molecule has 0 atom stereocenters. The van der Waals surface area contributed by atoms with E-state index in [1.807, 2.05) is 0 Å². The van der Waals surface area contributed by atoms with E-state index in [0.717, 1.165) is 0 Å². The number of halogens is 1. The van der Waals surface area contributed by atoms with Crippen molar-refractivity contribution in [3.8, 4) is 0 Å². The van der Waals surface area contributed by atoms with Gasteiger partial charge in [0.2, 0.25) is 0 Å². The minimum atomic E-state index is 0.394. The summed E-state index contributed by atoms with van der Waals surface area (Å²) in [5.41, 5.74) is 4.13. The topological polar surface area (TPSA) is 0 Å². The fourth-order valence-corrected chi connectivity index (χ4v) is 4.62. The van der Waals surface area contributed by atoms with Crippen LogP contribution in [0, 0.1) is 20.8 Å². The Labute approximate surface area is 118 Å². The molecule has 0 aromatic heterocycles. The van der Waals surface area contributed by atoms with Crippen LogP contribution in [-0.2, 0) is 0 Å². The summed E-state index contributed by atoms with van der Waals surface area (Å²) in [5.74, 6) is 0. The normalized spacial score (nSPS) is 10.6. The average molecular weight is 354 g/mol. The van der Waals surface area contributed by atoms with Gasteiger partial charge in [0.25, 0.3) is 0 Å². The first-order valence-electron chi connectivity index (χ1n) is 5.59. The Morgan fingerprint density at radius 3 is 2.24 bits per heavy atom. The first kappa shape index (κ1) is 12.9. The van der Waals surface area contributed by atoms with E-state index in [1.165, 1.54) is 30.1 Å². The Morgan fingerprint density at radius 1 is 0.941 bits per heavy atom. The molecule has 2 aromatic carbocycles. The molecule has 0 aliphatic heterocycles. The van der Waals surface area contributed by atoms with E-state index in [1.54, 1.807) is 0 Å². The SMILES string of the molecule is Cc1cc(C)c([Se]c2ccccc2)c(C)c1Br. The second-order valence-corrected chi connectivity index (χ2v) is 7.26. The first-order valence-corrected chi connectivity index (χ1v) is 8.09. The van der Waals surface area contributed by atoms with Gasteiger partial charge in [-0.2, -0.15) is 0 Å². The maximum atomic E-state index is 3.69. The number of hydrogen-bond acceptors (Lipinski definition) is 0. The molecule has 0 radical (unpaired) electrons. The Kier molecular flexibility index (Phi) is 4.08. The van der Waals surface area contributed by atoms with Gasteiger partial charge in [-0.25, -0.2) is 0 Å². The van der Waals surface area contributed by atoms with Crippen molar-refractivity contribution in [2.75, 3.05) is 0 Å². The van der Waals surface area contributed by atoms with Crippen LogP contribution in [0.1, 0.15) is 16.7 Å². The second-order valence-electron chi connectivity index (χ2n) is 4.19. The van der Waals surface area contributed by atoms with E-state index in [9.17, 15) is 0 Å². The van der Waals surface area contributed by atoms with Gasteiger partial charge in [0.05, 0.1) is 0 Å². The van der Waals surface area contributed by atoms with Crippen molar-refractivity contribution in [2.45, 2.75) is 20.8 Å². The van der Waals surface area contributed by atoms with E-state index in [0.29, 0.717) is 15.0 Å². The quantitative estimate of drug-likeness (QED) is 0.728. The fraction of sp³-hybridized carbons (Fsp3) is 0.200. The van der Waals surface area contributed by atoms with Gasteiger partial charge in [-0.1, -0.05) is 0 Å². The van der Waals surface area contributed by atoms with Crippen LogP contribution in [0.15, 0.2) is 40.9 Å². The molecule has 0 N–H and O–H groups in total. The molecule has 0 amide bonds. The Balaban J connectivity index is 2.43. The molecule has 0 bridgehead atoms. The molecular weight excluding hydrogens is 339 g/mol. The van der Waals surface area contributed by atoms with Gasteiger partial charge in [0, 0.05) is 0 Å². The van der Waals surface area contributed by atoms with Gasteiger partial charge < -0.3 is 0 Å². The summed E-state index contributed by atoms with van der Waals surface area (Å²) in [7, 11) is 0. The molecule has 0 saturated heterocycles. The van der Waals surface area contributed by atoms with Crippen LogP contribution >= 0.6 is 15.9 Å². The van der Waals surface area contributed by atoms with Gasteiger partial charge in [0.15, 0.2) is 0 Å². The van der Waals surface area contributed by atoms with Gasteiger partial charge >= 0.3 is 118 Å². The van der Waals surface area contributed by atoms with Crippen LogP contribution in [-0.4, -0.2) is 15.0 Å². The van der Waals surface area contributed by atoms with Crippen LogP contribution in [0.25, 0.3) is 0 Å². The second kappa shape index (κ2) is 5.39. The molecule has 2 aromatic rings.